The molecule has 1 aromatic carbocycles. The maximum Gasteiger partial charge on any atom is 0.410 e. The van der Waals surface area contributed by atoms with Gasteiger partial charge in [0.15, 0.2) is 0 Å². The third-order valence-corrected chi connectivity index (χ3v) is 5.11. The summed E-state index contributed by atoms with van der Waals surface area (Å²) in [6, 6.07) is 5.88. The molecule has 144 valence electrons. The summed E-state index contributed by atoms with van der Waals surface area (Å²) in [5.41, 5.74) is -1.36. The molecule has 2 unspecified atom stereocenters. The Bertz CT molecular complexity index is 626. The van der Waals surface area contributed by atoms with Crippen molar-refractivity contribution in [1.82, 2.24) is 4.90 Å². The first kappa shape index (κ1) is 19.0. The summed E-state index contributed by atoms with van der Waals surface area (Å²) in [6.07, 6.45) is 3.07. The second kappa shape index (κ2) is 7.06. The second-order valence-corrected chi connectivity index (χ2v) is 8.46. The monoisotopic (exact) mass is 365 g/mol. The second-order valence-electron chi connectivity index (χ2n) is 8.46. The first-order chi connectivity index (χ1) is 12.2. The highest BCUT2D eigenvalue weighted by Crippen LogP contribution is 2.43. The number of nitrogens with zero attached hydrogens (tertiary/aromatic N) is 1. The van der Waals surface area contributed by atoms with Gasteiger partial charge in [-0.05, 0) is 70.7 Å². The van der Waals surface area contributed by atoms with Crippen LogP contribution in [0.5, 0.6) is 5.75 Å². The molecule has 2 saturated heterocycles. The molecule has 26 heavy (non-hydrogen) atoms. The van der Waals surface area contributed by atoms with Gasteiger partial charge in [0.1, 0.15) is 17.2 Å². The topological polar surface area (TPSA) is 59.0 Å². The molecule has 5 nitrogen and oxygen atoms in total. The van der Waals surface area contributed by atoms with E-state index in [9.17, 15) is 14.3 Å². The lowest BCUT2D eigenvalue weighted by Crippen LogP contribution is -2.54. The molecule has 2 atom stereocenters. The van der Waals surface area contributed by atoms with Crippen LogP contribution in [0.1, 0.15) is 52.9 Å². The van der Waals surface area contributed by atoms with Crippen molar-refractivity contribution in [3.8, 4) is 5.75 Å². The summed E-state index contributed by atoms with van der Waals surface area (Å²) < 4.78 is 24.1. The van der Waals surface area contributed by atoms with Gasteiger partial charge in [-0.25, -0.2) is 9.18 Å². The van der Waals surface area contributed by atoms with Crippen molar-refractivity contribution in [3.63, 3.8) is 0 Å². The summed E-state index contributed by atoms with van der Waals surface area (Å²) in [5, 5.41) is 11.0. The summed E-state index contributed by atoms with van der Waals surface area (Å²) in [4.78, 5) is 14.3. The van der Waals surface area contributed by atoms with Crippen LogP contribution >= 0.6 is 0 Å². The Labute approximate surface area is 154 Å². The van der Waals surface area contributed by atoms with E-state index in [2.05, 4.69) is 0 Å². The fourth-order valence-electron chi connectivity index (χ4n) is 4.03. The van der Waals surface area contributed by atoms with Crippen LogP contribution in [0, 0.1) is 5.82 Å². The van der Waals surface area contributed by atoms with Gasteiger partial charge < -0.3 is 19.5 Å². The van der Waals surface area contributed by atoms with Crippen molar-refractivity contribution < 1.29 is 23.8 Å². The molecule has 0 aliphatic carbocycles. The first-order valence-corrected chi connectivity index (χ1v) is 9.27. The average molecular weight is 365 g/mol. The van der Waals surface area contributed by atoms with E-state index in [0.29, 0.717) is 31.6 Å². The Morgan fingerprint density at radius 2 is 1.81 bits per heavy atom. The van der Waals surface area contributed by atoms with E-state index in [-0.39, 0.29) is 24.0 Å². The molecule has 0 spiro atoms. The molecule has 1 aromatic rings. The smallest absolute Gasteiger partial charge is 0.410 e. The molecule has 0 aromatic heterocycles. The van der Waals surface area contributed by atoms with Crippen molar-refractivity contribution in [2.24, 2.45) is 0 Å². The predicted octanol–water partition coefficient (Wildman–Crippen LogP) is 3.89. The van der Waals surface area contributed by atoms with Gasteiger partial charge in [-0.15, -0.1) is 0 Å². The quantitative estimate of drug-likeness (QED) is 0.879. The summed E-state index contributed by atoms with van der Waals surface area (Å²) in [6.45, 7) is 5.94. The summed E-state index contributed by atoms with van der Waals surface area (Å²) in [7, 11) is 0. The zero-order chi connectivity index (χ0) is 18.9. The molecular formula is C20H28FNO4. The molecule has 2 bridgehead atoms. The number of halogens is 1. The number of aliphatic hydroxyl groups is 1. The van der Waals surface area contributed by atoms with Gasteiger partial charge >= 0.3 is 6.09 Å². The van der Waals surface area contributed by atoms with Crippen LogP contribution in [0.2, 0.25) is 0 Å². The number of benzene rings is 1. The van der Waals surface area contributed by atoms with Crippen molar-refractivity contribution in [1.29, 1.82) is 0 Å². The van der Waals surface area contributed by atoms with E-state index in [1.807, 2.05) is 25.7 Å². The highest BCUT2D eigenvalue weighted by atomic mass is 19.1. The summed E-state index contributed by atoms with van der Waals surface area (Å²) >= 11 is 0. The molecule has 2 aliphatic rings. The van der Waals surface area contributed by atoms with E-state index in [1.165, 1.54) is 12.1 Å². The zero-order valence-electron chi connectivity index (χ0n) is 15.7. The molecule has 0 saturated carbocycles. The minimum absolute atomic E-state index is 0.0134. The number of carbonyl (C=O) groups is 1. The molecule has 0 radical (unpaired) electrons. The van der Waals surface area contributed by atoms with E-state index < -0.39 is 11.2 Å². The number of rotatable bonds is 4. The van der Waals surface area contributed by atoms with Crippen molar-refractivity contribution in [3.05, 3.63) is 30.1 Å². The normalized spacial score (nSPS) is 28.1. The number of ether oxygens (including phenoxy) is 2. The molecule has 1 amide bonds. The predicted molar refractivity (Wildman–Crippen MR) is 95.6 cm³/mol. The minimum atomic E-state index is -0.843. The SMILES string of the molecule is CC(C)(C)OC(=O)N1C2CCC1CC(O)(CCOc1ccc(F)cc1)C2. The van der Waals surface area contributed by atoms with Gasteiger partial charge in [-0.1, -0.05) is 0 Å². The Morgan fingerprint density at radius 3 is 2.35 bits per heavy atom. The largest absolute Gasteiger partial charge is 0.493 e. The summed E-state index contributed by atoms with van der Waals surface area (Å²) in [5.74, 6) is 0.284. The van der Waals surface area contributed by atoms with Crippen LogP contribution in [-0.2, 0) is 4.74 Å². The van der Waals surface area contributed by atoms with E-state index in [4.69, 9.17) is 9.47 Å². The van der Waals surface area contributed by atoms with Crippen molar-refractivity contribution >= 4 is 6.09 Å². The Morgan fingerprint density at radius 1 is 1.23 bits per heavy atom. The van der Waals surface area contributed by atoms with Crippen molar-refractivity contribution in [2.75, 3.05) is 6.61 Å². The molecule has 2 fully saturated rings. The van der Waals surface area contributed by atoms with Gasteiger partial charge in [0, 0.05) is 18.5 Å². The number of hydrogen-bond acceptors (Lipinski definition) is 4. The fourth-order valence-corrected chi connectivity index (χ4v) is 4.03. The molecule has 6 heteroatoms. The van der Waals surface area contributed by atoms with E-state index >= 15 is 0 Å². The average Bonchev–Trinajstić information content (AvgIpc) is 2.81. The van der Waals surface area contributed by atoms with Gasteiger partial charge in [0.05, 0.1) is 12.2 Å². The minimum Gasteiger partial charge on any atom is -0.493 e. The maximum absolute atomic E-state index is 12.9. The molecular weight excluding hydrogens is 337 g/mol. The molecule has 1 N–H and O–H groups in total. The number of amides is 1. The maximum atomic E-state index is 12.9. The van der Waals surface area contributed by atoms with E-state index in [1.54, 1.807) is 12.1 Å². The number of fused-ring (bicyclic) bond motifs is 2. The van der Waals surface area contributed by atoms with Crippen LogP contribution in [0.25, 0.3) is 0 Å². The Hall–Kier alpha value is -1.82. The van der Waals surface area contributed by atoms with Crippen LogP contribution in [0.15, 0.2) is 24.3 Å². The molecule has 2 aliphatic heterocycles. The first-order valence-electron chi connectivity index (χ1n) is 9.27. The standard InChI is InChI=1S/C20H28FNO4/c1-19(2,3)26-18(23)22-15-6-7-16(22)13-20(24,12-15)10-11-25-17-8-4-14(21)5-9-17/h4-5,8-9,15-16,24H,6-7,10-13H2,1-3H3. The molecule has 3 rings (SSSR count). The lowest BCUT2D eigenvalue weighted by atomic mass is 9.84. The van der Waals surface area contributed by atoms with Crippen LogP contribution < -0.4 is 4.74 Å². The Kier molecular flexibility index (Phi) is 5.15. The number of hydrogen-bond donors (Lipinski definition) is 1. The van der Waals surface area contributed by atoms with Crippen LogP contribution in [-0.4, -0.2) is 46.0 Å². The molecule has 2 heterocycles. The van der Waals surface area contributed by atoms with Gasteiger partial charge in [0.2, 0.25) is 0 Å². The zero-order valence-corrected chi connectivity index (χ0v) is 15.7. The lowest BCUT2D eigenvalue weighted by Gasteiger charge is -2.43. The number of piperidine rings is 1. The van der Waals surface area contributed by atoms with Crippen LogP contribution in [0.4, 0.5) is 9.18 Å². The highest BCUT2D eigenvalue weighted by molar-refractivity contribution is 5.69. The third-order valence-electron chi connectivity index (χ3n) is 5.11. The lowest BCUT2D eigenvalue weighted by molar-refractivity contribution is -0.0670. The third kappa shape index (κ3) is 4.47. The van der Waals surface area contributed by atoms with Gasteiger partial charge in [-0.2, -0.15) is 0 Å². The van der Waals surface area contributed by atoms with Gasteiger partial charge in [0.25, 0.3) is 0 Å². The fraction of sp³-hybridized carbons (Fsp3) is 0.650. The highest BCUT2D eigenvalue weighted by Gasteiger charge is 2.50. The van der Waals surface area contributed by atoms with E-state index in [0.717, 1.165) is 12.8 Å². The van der Waals surface area contributed by atoms with Crippen molar-refractivity contribution in [2.45, 2.75) is 76.2 Å². The van der Waals surface area contributed by atoms with Crippen LogP contribution in [0.3, 0.4) is 0 Å². The Balaban J connectivity index is 1.55. The number of carbonyl (C=O) groups excluding carboxylic acids is 1. The van der Waals surface area contributed by atoms with Gasteiger partial charge in [-0.3, -0.25) is 0 Å².